The summed E-state index contributed by atoms with van der Waals surface area (Å²) in [4.78, 5) is 22.6. The molecular weight excluding hydrogens is 276 g/mol. The predicted octanol–water partition coefficient (Wildman–Crippen LogP) is 2.50. The van der Waals surface area contributed by atoms with Crippen molar-refractivity contribution < 1.29 is 14.7 Å². The highest BCUT2D eigenvalue weighted by molar-refractivity contribution is 7.08. The van der Waals surface area contributed by atoms with Gasteiger partial charge in [0, 0.05) is 13.1 Å². The van der Waals surface area contributed by atoms with Crippen LogP contribution >= 0.6 is 11.3 Å². The Morgan fingerprint density at radius 3 is 2.60 bits per heavy atom. The van der Waals surface area contributed by atoms with Crippen LogP contribution in [0, 0.1) is 12.3 Å². The second-order valence-corrected chi connectivity index (χ2v) is 6.28. The highest BCUT2D eigenvalue weighted by Gasteiger charge is 2.39. The maximum atomic E-state index is 11.8. The van der Waals surface area contributed by atoms with Gasteiger partial charge in [0.2, 0.25) is 0 Å². The predicted molar refractivity (Wildman–Crippen MR) is 77.8 cm³/mol. The Morgan fingerprint density at radius 1 is 1.35 bits per heavy atom. The van der Waals surface area contributed by atoms with Crippen molar-refractivity contribution >= 4 is 23.3 Å². The number of carboxylic acid groups (broad SMARTS) is 1. The fourth-order valence-electron chi connectivity index (χ4n) is 2.49. The number of hydrogen-bond acceptors (Lipinski definition) is 3. The summed E-state index contributed by atoms with van der Waals surface area (Å²) < 4.78 is 0. The standard InChI is InChI=1S/C14H20N2O3S/c1-10-7-20-8-11(10)6-15-13(19)16-9-14(3-2-4-14)5-12(17)18/h7-8H,2-6,9H2,1H3,(H,17,18)(H2,15,16,19). The number of rotatable bonds is 6. The molecule has 110 valence electrons. The molecule has 0 aliphatic heterocycles. The number of urea groups is 1. The summed E-state index contributed by atoms with van der Waals surface area (Å²) in [5, 5.41) is 18.6. The van der Waals surface area contributed by atoms with Gasteiger partial charge >= 0.3 is 12.0 Å². The first-order chi connectivity index (χ1) is 9.51. The summed E-state index contributed by atoms with van der Waals surface area (Å²) in [6, 6.07) is -0.229. The molecule has 0 bridgehead atoms. The van der Waals surface area contributed by atoms with Crippen molar-refractivity contribution in [3.8, 4) is 0 Å². The molecule has 0 aromatic carbocycles. The molecule has 1 aromatic rings. The van der Waals surface area contributed by atoms with Gasteiger partial charge in [0.25, 0.3) is 0 Å². The van der Waals surface area contributed by atoms with Gasteiger partial charge in [0.1, 0.15) is 0 Å². The quantitative estimate of drug-likeness (QED) is 0.754. The van der Waals surface area contributed by atoms with E-state index in [1.54, 1.807) is 11.3 Å². The molecule has 0 radical (unpaired) electrons. The van der Waals surface area contributed by atoms with E-state index in [1.165, 1.54) is 5.56 Å². The third-order valence-corrected chi connectivity index (χ3v) is 4.88. The SMILES string of the molecule is Cc1cscc1CNC(=O)NCC1(CC(=O)O)CCC1. The Bertz CT molecular complexity index is 494. The van der Waals surface area contributed by atoms with Crippen LogP contribution < -0.4 is 10.6 Å². The van der Waals surface area contributed by atoms with Crippen LogP contribution in [0.2, 0.25) is 0 Å². The van der Waals surface area contributed by atoms with E-state index in [-0.39, 0.29) is 17.9 Å². The monoisotopic (exact) mass is 296 g/mol. The lowest BCUT2D eigenvalue weighted by Crippen LogP contribution is -2.46. The summed E-state index contributed by atoms with van der Waals surface area (Å²) in [5.74, 6) is -0.791. The lowest BCUT2D eigenvalue weighted by Gasteiger charge is -2.40. The second-order valence-electron chi connectivity index (χ2n) is 5.54. The van der Waals surface area contributed by atoms with Gasteiger partial charge in [-0.1, -0.05) is 6.42 Å². The number of carboxylic acids is 1. The average Bonchev–Trinajstić information content (AvgIpc) is 2.75. The molecule has 0 spiro atoms. The Hall–Kier alpha value is -1.56. The Kier molecular flexibility index (Phi) is 4.65. The molecule has 0 saturated heterocycles. The van der Waals surface area contributed by atoms with Gasteiger partial charge in [0.15, 0.2) is 0 Å². The zero-order chi connectivity index (χ0) is 14.6. The molecule has 1 aliphatic carbocycles. The molecule has 5 nitrogen and oxygen atoms in total. The summed E-state index contributed by atoms with van der Waals surface area (Å²) in [7, 11) is 0. The van der Waals surface area contributed by atoms with Crippen molar-refractivity contribution in [3.63, 3.8) is 0 Å². The number of aryl methyl sites for hydroxylation is 1. The van der Waals surface area contributed by atoms with Crippen molar-refractivity contribution in [1.82, 2.24) is 10.6 Å². The number of carbonyl (C=O) groups is 2. The topological polar surface area (TPSA) is 78.4 Å². The molecule has 1 saturated carbocycles. The molecule has 1 heterocycles. The van der Waals surface area contributed by atoms with Crippen molar-refractivity contribution in [3.05, 3.63) is 21.9 Å². The largest absolute Gasteiger partial charge is 0.481 e. The van der Waals surface area contributed by atoms with Gasteiger partial charge < -0.3 is 15.7 Å². The van der Waals surface area contributed by atoms with Gasteiger partial charge in [-0.15, -0.1) is 0 Å². The molecule has 20 heavy (non-hydrogen) atoms. The van der Waals surface area contributed by atoms with E-state index in [1.807, 2.05) is 17.7 Å². The molecule has 1 aromatic heterocycles. The normalized spacial score (nSPS) is 16.2. The fraction of sp³-hybridized carbons (Fsp3) is 0.571. The minimum Gasteiger partial charge on any atom is -0.481 e. The highest BCUT2D eigenvalue weighted by atomic mass is 32.1. The van der Waals surface area contributed by atoms with Crippen LogP contribution in [-0.2, 0) is 11.3 Å². The highest BCUT2D eigenvalue weighted by Crippen LogP contribution is 2.43. The molecule has 2 rings (SSSR count). The van der Waals surface area contributed by atoms with Crippen molar-refractivity contribution in [2.45, 2.75) is 39.2 Å². The van der Waals surface area contributed by atoms with E-state index in [0.29, 0.717) is 13.1 Å². The number of hydrogen-bond donors (Lipinski definition) is 3. The molecule has 1 aliphatic rings. The molecule has 0 atom stereocenters. The Labute approximate surface area is 122 Å². The van der Waals surface area contributed by atoms with Crippen molar-refractivity contribution in [1.29, 1.82) is 0 Å². The third kappa shape index (κ3) is 3.72. The first kappa shape index (κ1) is 14.8. The van der Waals surface area contributed by atoms with E-state index < -0.39 is 5.97 Å². The molecule has 0 unspecified atom stereocenters. The minimum atomic E-state index is -0.791. The number of nitrogens with one attached hydrogen (secondary N) is 2. The maximum Gasteiger partial charge on any atom is 0.315 e. The lowest BCUT2D eigenvalue weighted by atomic mass is 9.66. The van der Waals surface area contributed by atoms with Crippen LogP contribution in [-0.4, -0.2) is 23.7 Å². The molecule has 3 N–H and O–H groups in total. The van der Waals surface area contributed by atoms with Gasteiger partial charge in [-0.25, -0.2) is 4.79 Å². The maximum absolute atomic E-state index is 11.8. The van der Waals surface area contributed by atoms with Gasteiger partial charge in [-0.05, 0) is 47.1 Å². The first-order valence-electron chi connectivity index (χ1n) is 6.76. The lowest BCUT2D eigenvalue weighted by molar-refractivity contribution is -0.141. The van der Waals surface area contributed by atoms with Crippen LogP contribution in [0.15, 0.2) is 10.8 Å². The summed E-state index contributed by atoms with van der Waals surface area (Å²) >= 11 is 1.62. The van der Waals surface area contributed by atoms with Crippen LogP contribution in [0.4, 0.5) is 4.79 Å². The van der Waals surface area contributed by atoms with E-state index >= 15 is 0 Å². The van der Waals surface area contributed by atoms with E-state index in [9.17, 15) is 9.59 Å². The molecule has 2 amide bonds. The molecule has 1 fully saturated rings. The third-order valence-electron chi connectivity index (χ3n) is 3.97. The summed E-state index contributed by atoms with van der Waals surface area (Å²) in [5.41, 5.74) is 2.06. The number of amides is 2. The number of carbonyl (C=O) groups excluding carboxylic acids is 1. The molecule has 6 heteroatoms. The second kappa shape index (κ2) is 6.26. The van der Waals surface area contributed by atoms with Crippen LogP contribution in [0.1, 0.15) is 36.8 Å². The first-order valence-corrected chi connectivity index (χ1v) is 7.70. The number of aliphatic carboxylic acids is 1. The number of thiophene rings is 1. The zero-order valence-corrected chi connectivity index (χ0v) is 12.4. The zero-order valence-electron chi connectivity index (χ0n) is 11.6. The average molecular weight is 296 g/mol. The summed E-state index contributed by atoms with van der Waals surface area (Å²) in [6.07, 6.45) is 2.94. The van der Waals surface area contributed by atoms with Crippen LogP contribution in [0.3, 0.4) is 0 Å². The van der Waals surface area contributed by atoms with Crippen molar-refractivity contribution in [2.75, 3.05) is 6.54 Å². The van der Waals surface area contributed by atoms with Gasteiger partial charge in [-0.2, -0.15) is 11.3 Å². The fourth-order valence-corrected chi connectivity index (χ4v) is 3.34. The smallest absolute Gasteiger partial charge is 0.315 e. The van der Waals surface area contributed by atoms with Crippen molar-refractivity contribution in [2.24, 2.45) is 5.41 Å². The Morgan fingerprint density at radius 2 is 2.10 bits per heavy atom. The van der Waals surface area contributed by atoms with E-state index in [2.05, 4.69) is 10.6 Å². The van der Waals surface area contributed by atoms with Crippen LogP contribution in [0.25, 0.3) is 0 Å². The van der Waals surface area contributed by atoms with Gasteiger partial charge in [0.05, 0.1) is 6.42 Å². The van der Waals surface area contributed by atoms with E-state index in [4.69, 9.17) is 5.11 Å². The summed E-state index contributed by atoms with van der Waals surface area (Å²) in [6.45, 7) is 2.96. The van der Waals surface area contributed by atoms with Gasteiger partial charge in [-0.3, -0.25) is 4.79 Å². The van der Waals surface area contributed by atoms with Crippen LogP contribution in [0.5, 0.6) is 0 Å². The Balaban J connectivity index is 1.74. The van der Waals surface area contributed by atoms with E-state index in [0.717, 1.165) is 24.8 Å². The minimum absolute atomic E-state index is 0.136. The molecular formula is C14H20N2O3S.